The zero-order valence-corrected chi connectivity index (χ0v) is 22.1. The molecule has 0 bridgehead atoms. The normalized spacial score (nSPS) is 13.8. The van der Waals surface area contributed by atoms with Gasteiger partial charge in [0, 0.05) is 6.08 Å². The topological polar surface area (TPSA) is 78.9 Å². The van der Waals surface area contributed by atoms with Crippen LogP contribution in [0.2, 0.25) is 0 Å². The lowest BCUT2D eigenvalue weighted by Gasteiger charge is -2.35. The van der Waals surface area contributed by atoms with Crippen molar-refractivity contribution in [3.05, 3.63) is 12.7 Å². The quantitative estimate of drug-likeness (QED) is 0.181. The van der Waals surface area contributed by atoms with E-state index in [0.29, 0.717) is 12.8 Å². The third-order valence-corrected chi connectivity index (χ3v) is 6.49. The lowest BCUT2D eigenvalue weighted by Crippen LogP contribution is -2.41. The van der Waals surface area contributed by atoms with Crippen LogP contribution < -0.4 is 0 Å². The highest BCUT2D eigenvalue weighted by Gasteiger charge is 2.42. The van der Waals surface area contributed by atoms with E-state index in [9.17, 15) is 14.4 Å². The maximum atomic E-state index is 12.9. The second kappa shape index (κ2) is 11.9. The Morgan fingerprint density at radius 2 is 1.34 bits per heavy atom. The molecule has 0 N–H and O–H groups in total. The minimum atomic E-state index is -0.926. The van der Waals surface area contributed by atoms with E-state index in [4.69, 9.17) is 14.2 Å². The average Bonchev–Trinajstić information content (AvgIpc) is 2.70. The van der Waals surface area contributed by atoms with Crippen LogP contribution in [0.5, 0.6) is 0 Å². The van der Waals surface area contributed by atoms with Crippen LogP contribution in [0.1, 0.15) is 101 Å². The lowest BCUT2D eigenvalue weighted by molar-refractivity contribution is -0.173. The van der Waals surface area contributed by atoms with Crippen molar-refractivity contribution in [1.82, 2.24) is 0 Å². The number of ether oxygens (including phenoxy) is 3. The highest BCUT2D eigenvalue weighted by atomic mass is 16.6. The standard InChI is InChI=1S/C26H46O6/c1-12-20(27)31-19(16-26(11,14-3)15-4)17-30-21(28)23(5,6)18-24(7,8)22(29)32-25(9,10)13-2/h12,19H,1,13-18H2,2-11H3. The Bertz CT molecular complexity index is 655. The van der Waals surface area contributed by atoms with E-state index >= 15 is 0 Å². The summed E-state index contributed by atoms with van der Waals surface area (Å²) in [6, 6.07) is 0. The number of carbonyl (C=O) groups excluding carboxylic acids is 3. The van der Waals surface area contributed by atoms with Crippen molar-refractivity contribution in [1.29, 1.82) is 0 Å². The molecule has 0 fully saturated rings. The van der Waals surface area contributed by atoms with Gasteiger partial charge in [-0.3, -0.25) is 9.59 Å². The molecule has 0 aromatic carbocycles. The fourth-order valence-electron chi connectivity index (χ4n) is 3.51. The van der Waals surface area contributed by atoms with Crippen LogP contribution in [0.3, 0.4) is 0 Å². The van der Waals surface area contributed by atoms with Crippen molar-refractivity contribution in [2.24, 2.45) is 16.2 Å². The van der Waals surface area contributed by atoms with Crippen molar-refractivity contribution >= 4 is 17.9 Å². The Labute approximate surface area is 195 Å². The summed E-state index contributed by atoms with van der Waals surface area (Å²) in [5.41, 5.74) is -2.39. The summed E-state index contributed by atoms with van der Waals surface area (Å²) < 4.78 is 16.7. The Kier molecular flexibility index (Phi) is 11.2. The van der Waals surface area contributed by atoms with Gasteiger partial charge >= 0.3 is 17.9 Å². The van der Waals surface area contributed by atoms with E-state index in [0.717, 1.165) is 18.9 Å². The van der Waals surface area contributed by atoms with Gasteiger partial charge in [-0.25, -0.2) is 4.79 Å². The summed E-state index contributed by atoms with van der Waals surface area (Å²) in [7, 11) is 0. The molecule has 0 aliphatic rings. The van der Waals surface area contributed by atoms with Crippen molar-refractivity contribution in [3.8, 4) is 0 Å². The third-order valence-electron chi connectivity index (χ3n) is 6.49. The molecule has 0 aromatic heterocycles. The average molecular weight is 455 g/mol. The number of rotatable bonds is 14. The second-order valence-electron chi connectivity index (χ2n) is 11.0. The molecule has 0 aromatic rings. The van der Waals surface area contributed by atoms with E-state index in [-0.39, 0.29) is 24.4 Å². The van der Waals surface area contributed by atoms with Gasteiger partial charge in [-0.2, -0.15) is 0 Å². The molecule has 6 heteroatoms. The Balaban J connectivity index is 5.27. The largest absolute Gasteiger partial charge is 0.461 e. The van der Waals surface area contributed by atoms with E-state index < -0.39 is 34.5 Å². The summed E-state index contributed by atoms with van der Waals surface area (Å²) in [6.45, 7) is 22.5. The molecule has 1 atom stereocenters. The van der Waals surface area contributed by atoms with Crippen LogP contribution in [-0.2, 0) is 28.6 Å². The van der Waals surface area contributed by atoms with Gasteiger partial charge in [0.1, 0.15) is 18.3 Å². The smallest absolute Gasteiger partial charge is 0.330 e. The van der Waals surface area contributed by atoms with Gasteiger partial charge in [0.05, 0.1) is 10.8 Å². The first-order chi connectivity index (χ1) is 14.5. The number of hydrogen-bond donors (Lipinski definition) is 0. The summed E-state index contributed by atoms with van der Waals surface area (Å²) in [5, 5.41) is 0. The molecule has 0 aliphatic heterocycles. The first-order valence-electron chi connectivity index (χ1n) is 11.7. The van der Waals surface area contributed by atoms with Crippen molar-refractivity contribution in [2.75, 3.05) is 6.61 Å². The molecular formula is C26H46O6. The fourth-order valence-corrected chi connectivity index (χ4v) is 3.51. The Hall–Kier alpha value is -1.85. The minimum Gasteiger partial charge on any atom is -0.461 e. The minimum absolute atomic E-state index is 0.0358. The second-order valence-corrected chi connectivity index (χ2v) is 11.0. The van der Waals surface area contributed by atoms with E-state index in [1.807, 2.05) is 20.8 Å². The molecule has 0 saturated heterocycles. The summed E-state index contributed by atoms with van der Waals surface area (Å²) in [6.07, 6.45) is 3.91. The SMILES string of the molecule is C=CC(=O)OC(COC(=O)C(C)(C)CC(C)(C)C(=O)OC(C)(C)CC)CC(C)(CC)CC. The van der Waals surface area contributed by atoms with Crippen molar-refractivity contribution < 1.29 is 28.6 Å². The van der Waals surface area contributed by atoms with E-state index in [1.165, 1.54) is 0 Å². The van der Waals surface area contributed by atoms with Crippen LogP contribution in [0, 0.1) is 16.2 Å². The van der Waals surface area contributed by atoms with Gasteiger partial charge in [0.25, 0.3) is 0 Å². The first-order valence-corrected chi connectivity index (χ1v) is 11.7. The van der Waals surface area contributed by atoms with Gasteiger partial charge in [0.15, 0.2) is 0 Å². The fraction of sp³-hybridized carbons (Fsp3) is 0.808. The van der Waals surface area contributed by atoms with Crippen LogP contribution in [-0.4, -0.2) is 36.2 Å². The molecule has 0 amide bonds. The predicted octanol–water partition coefficient (Wildman–Crippen LogP) is 6.02. The van der Waals surface area contributed by atoms with Crippen molar-refractivity contribution in [2.45, 2.75) is 113 Å². The molecular weight excluding hydrogens is 408 g/mol. The maximum absolute atomic E-state index is 12.9. The molecule has 0 saturated carbocycles. The Morgan fingerprint density at radius 1 is 0.844 bits per heavy atom. The van der Waals surface area contributed by atoms with Crippen LogP contribution in [0.25, 0.3) is 0 Å². The molecule has 0 spiro atoms. The highest BCUT2D eigenvalue weighted by molar-refractivity contribution is 5.81. The summed E-state index contributed by atoms with van der Waals surface area (Å²) >= 11 is 0. The molecule has 186 valence electrons. The molecule has 0 rings (SSSR count). The first kappa shape index (κ1) is 30.1. The zero-order valence-electron chi connectivity index (χ0n) is 22.1. The molecule has 0 radical (unpaired) electrons. The van der Waals surface area contributed by atoms with Gasteiger partial charge < -0.3 is 14.2 Å². The van der Waals surface area contributed by atoms with Crippen LogP contribution in [0.4, 0.5) is 0 Å². The zero-order chi connectivity index (χ0) is 25.4. The van der Waals surface area contributed by atoms with Crippen LogP contribution in [0.15, 0.2) is 12.7 Å². The van der Waals surface area contributed by atoms with Gasteiger partial charge in [0.2, 0.25) is 0 Å². The molecule has 32 heavy (non-hydrogen) atoms. The Morgan fingerprint density at radius 3 is 1.78 bits per heavy atom. The lowest BCUT2D eigenvalue weighted by atomic mass is 9.75. The highest BCUT2D eigenvalue weighted by Crippen LogP contribution is 2.37. The maximum Gasteiger partial charge on any atom is 0.330 e. The van der Waals surface area contributed by atoms with E-state index in [1.54, 1.807) is 27.7 Å². The molecule has 0 aliphatic carbocycles. The summed E-state index contributed by atoms with van der Waals surface area (Å²) in [5.74, 6) is -1.32. The predicted molar refractivity (Wildman–Crippen MR) is 127 cm³/mol. The molecule has 6 nitrogen and oxygen atoms in total. The van der Waals surface area contributed by atoms with Crippen molar-refractivity contribution in [3.63, 3.8) is 0 Å². The summed E-state index contributed by atoms with van der Waals surface area (Å²) in [4.78, 5) is 37.5. The van der Waals surface area contributed by atoms with Gasteiger partial charge in [-0.1, -0.05) is 47.1 Å². The molecule has 1 unspecified atom stereocenters. The van der Waals surface area contributed by atoms with Gasteiger partial charge in [-0.05, 0) is 66.2 Å². The number of carbonyl (C=O) groups is 3. The monoisotopic (exact) mass is 454 g/mol. The van der Waals surface area contributed by atoms with Crippen LogP contribution >= 0.6 is 0 Å². The number of esters is 3. The van der Waals surface area contributed by atoms with E-state index in [2.05, 4.69) is 27.4 Å². The number of hydrogen-bond acceptors (Lipinski definition) is 6. The third kappa shape index (κ3) is 9.74. The molecule has 0 heterocycles. The van der Waals surface area contributed by atoms with Gasteiger partial charge in [-0.15, -0.1) is 0 Å².